The van der Waals surface area contributed by atoms with Crippen molar-refractivity contribution in [2.45, 2.75) is 25.2 Å². The van der Waals surface area contributed by atoms with Crippen molar-refractivity contribution >= 4 is 15.8 Å². The Bertz CT molecular complexity index is 532. The number of nitrogens with zero attached hydrogens (tertiary/aromatic N) is 1. The van der Waals surface area contributed by atoms with Crippen molar-refractivity contribution in [3.8, 4) is 0 Å². The first-order valence-electron chi connectivity index (χ1n) is 5.32. The van der Waals surface area contributed by atoms with Crippen molar-refractivity contribution in [2.24, 2.45) is 0 Å². The monoisotopic (exact) mass is 258 g/mol. The summed E-state index contributed by atoms with van der Waals surface area (Å²) in [5.74, 6) is -0.796. The second-order valence-corrected chi connectivity index (χ2v) is 6.99. The standard InChI is InChI=1S/C10H14N2O4S/c1-10(2-4-17(15,16)5-3-10)8-6-7(9(13)14)11-12-8/h6H,2-5H2,1H3,(H,11,12)(H,13,14). The van der Waals surface area contributed by atoms with Crippen LogP contribution in [-0.2, 0) is 15.3 Å². The molecule has 0 aliphatic carbocycles. The van der Waals surface area contributed by atoms with Crippen LogP contribution in [0.15, 0.2) is 6.07 Å². The summed E-state index contributed by atoms with van der Waals surface area (Å²) >= 11 is 0. The van der Waals surface area contributed by atoms with Crippen LogP contribution < -0.4 is 0 Å². The largest absolute Gasteiger partial charge is 0.476 e. The smallest absolute Gasteiger partial charge is 0.356 e. The molecule has 94 valence electrons. The molecule has 1 aromatic rings. The predicted molar refractivity (Wildman–Crippen MR) is 60.8 cm³/mol. The molecule has 2 rings (SSSR count). The summed E-state index contributed by atoms with van der Waals surface area (Å²) in [5, 5.41) is 15.2. The fraction of sp³-hybridized carbons (Fsp3) is 0.600. The Morgan fingerprint density at radius 3 is 2.53 bits per heavy atom. The van der Waals surface area contributed by atoms with Crippen LogP contribution in [0.3, 0.4) is 0 Å². The topological polar surface area (TPSA) is 100 Å². The highest BCUT2D eigenvalue weighted by Crippen LogP contribution is 2.34. The fourth-order valence-corrected chi connectivity index (χ4v) is 3.73. The number of hydrogen-bond donors (Lipinski definition) is 2. The van der Waals surface area contributed by atoms with Crippen molar-refractivity contribution < 1.29 is 18.3 Å². The van der Waals surface area contributed by atoms with Crippen LogP contribution in [0.5, 0.6) is 0 Å². The minimum absolute atomic E-state index is 0.0327. The summed E-state index contributed by atoms with van der Waals surface area (Å²) < 4.78 is 22.7. The lowest BCUT2D eigenvalue weighted by molar-refractivity contribution is 0.0690. The van der Waals surface area contributed by atoms with Gasteiger partial charge in [-0.25, -0.2) is 13.2 Å². The van der Waals surface area contributed by atoms with E-state index in [9.17, 15) is 13.2 Å². The first kappa shape index (κ1) is 12.1. The molecule has 0 saturated carbocycles. The van der Waals surface area contributed by atoms with Gasteiger partial charge in [-0.15, -0.1) is 0 Å². The maximum Gasteiger partial charge on any atom is 0.356 e. The van der Waals surface area contributed by atoms with Crippen molar-refractivity contribution in [2.75, 3.05) is 11.5 Å². The van der Waals surface area contributed by atoms with Crippen molar-refractivity contribution in [3.05, 3.63) is 17.5 Å². The number of hydrogen-bond acceptors (Lipinski definition) is 4. The second-order valence-electron chi connectivity index (χ2n) is 4.68. The third-order valence-corrected chi connectivity index (χ3v) is 5.03. The van der Waals surface area contributed by atoms with Crippen LogP contribution in [0.4, 0.5) is 0 Å². The normalized spacial score (nSPS) is 22.2. The third kappa shape index (κ3) is 2.33. The maximum absolute atomic E-state index is 11.4. The molecule has 1 saturated heterocycles. The molecule has 2 N–H and O–H groups in total. The molecule has 0 amide bonds. The van der Waals surface area contributed by atoms with Gasteiger partial charge in [-0.2, -0.15) is 5.10 Å². The van der Waals surface area contributed by atoms with E-state index in [4.69, 9.17) is 5.11 Å². The van der Waals surface area contributed by atoms with Gasteiger partial charge in [0.1, 0.15) is 9.84 Å². The number of rotatable bonds is 2. The van der Waals surface area contributed by atoms with Gasteiger partial charge >= 0.3 is 5.97 Å². The Hall–Kier alpha value is -1.37. The molecule has 0 bridgehead atoms. The molecule has 1 aliphatic rings. The summed E-state index contributed by atoms with van der Waals surface area (Å²) in [4.78, 5) is 10.7. The van der Waals surface area contributed by atoms with Crippen LogP contribution in [-0.4, -0.2) is 41.2 Å². The van der Waals surface area contributed by atoms with Gasteiger partial charge in [0, 0.05) is 11.1 Å². The number of aromatic nitrogens is 2. The van der Waals surface area contributed by atoms with E-state index in [0.29, 0.717) is 18.5 Å². The zero-order valence-corrected chi connectivity index (χ0v) is 10.2. The first-order chi connectivity index (χ1) is 7.82. The molecule has 0 spiro atoms. The minimum Gasteiger partial charge on any atom is -0.476 e. The second kappa shape index (κ2) is 3.83. The lowest BCUT2D eigenvalue weighted by Gasteiger charge is -2.32. The fourth-order valence-electron chi connectivity index (χ4n) is 2.00. The Morgan fingerprint density at radius 1 is 1.47 bits per heavy atom. The molecule has 1 fully saturated rings. The summed E-state index contributed by atoms with van der Waals surface area (Å²) in [6, 6.07) is 1.49. The van der Waals surface area contributed by atoms with Crippen LogP contribution in [0.25, 0.3) is 0 Å². The van der Waals surface area contributed by atoms with Crippen molar-refractivity contribution in [1.82, 2.24) is 10.2 Å². The van der Waals surface area contributed by atoms with E-state index in [0.717, 1.165) is 0 Å². The lowest BCUT2D eigenvalue weighted by Crippen LogP contribution is -2.34. The number of carboxylic acids is 1. The zero-order valence-electron chi connectivity index (χ0n) is 9.43. The Kier molecular flexibility index (Phi) is 2.73. The molecule has 0 unspecified atom stereocenters. The van der Waals surface area contributed by atoms with Crippen molar-refractivity contribution in [1.29, 1.82) is 0 Å². The first-order valence-corrected chi connectivity index (χ1v) is 7.14. The number of aromatic amines is 1. The maximum atomic E-state index is 11.4. The van der Waals surface area contributed by atoms with Gasteiger partial charge in [0.15, 0.2) is 5.69 Å². The molecule has 6 nitrogen and oxygen atoms in total. The van der Waals surface area contributed by atoms with Gasteiger partial charge in [0.2, 0.25) is 0 Å². The Morgan fingerprint density at radius 2 is 2.06 bits per heavy atom. The van der Waals surface area contributed by atoms with Crippen LogP contribution in [0.2, 0.25) is 0 Å². The van der Waals surface area contributed by atoms with E-state index in [1.807, 2.05) is 6.92 Å². The molecule has 0 radical (unpaired) electrons. The number of aromatic carboxylic acids is 1. The highest BCUT2D eigenvalue weighted by atomic mass is 32.2. The van der Waals surface area contributed by atoms with Gasteiger partial charge in [-0.3, -0.25) is 5.10 Å². The minimum atomic E-state index is -2.92. The molecule has 0 atom stereocenters. The molecule has 1 aliphatic heterocycles. The molecular formula is C10H14N2O4S. The lowest BCUT2D eigenvalue weighted by atomic mass is 9.81. The third-order valence-electron chi connectivity index (χ3n) is 3.38. The van der Waals surface area contributed by atoms with E-state index in [2.05, 4.69) is 10.2 Å². The number of carbonyl (C=O) groups is 1. The molecule has 1 aromatic heterocycles. The van der Waals surface area contributed by atoms with E-state index >= 15 is 0 Å². The van der Waals surface area contributed by atoms with Crippen LogP contribution >= 0.6 is 0 Å². The average Bonchev–Trinajstić information content (AvgIpc) is 2.73. The zero-order chi connectivity index (χ0) is 12.7. The summed E-state index contributed by atoms with van der Waals surface area (Å²) in [6.07, 6.45) is 0.993. The molecule has 0 aromatic carbocycles. The van der Waals surface area contributed by atoms with Gasteiger partial charge in [0.25, 0.3) is 0 Å². The molecule has 7 heteroatoms. The van der Waals surface area contributed by atoms with E-state index in [1.54, 1.807) is 0 Å². The van der Waals surface area contributed by atoms with Crippen molar-refractivity contribution in [3.63, 3.8) is 0 Å². The SMILES string of the molecule is CC1(c2cc(C(=O)O)n[nH]2)CCS(=O)(=O)CC1. The van der Waals surface area contributed by atoms with E-state index in [1.165, 1.54) is 6.07 Å². The highest BCUT2D eigenvalue weighted by molar-refractivity contribution is 7.91. The number of sulfone groups is 1. The Balaban J connectivity index is 2.24. The predicted octanol–water partition coefficient (Wildman–Crippen LogP) is 0.574. The summed E-state index contributed by atoms with van der Waals surface area (Å²) in [5.41, 5.74) is 0.339. The van der Waals surface area contributed by atoms with Crippen LogP contribution in [0, 0.1) is 0 Å². The van der Waals surface area contributed by atoms with E-state index in [-0.39, 0.29) is 22.6 Å². The number of carboxylic acid groups (broad SMARTS) is 1. The average molecular weight is 258 g/mol. The van der Waals surface area contributed by atoms with E-state index < -0.39 is 15.8 Å². The van der Waals surface area contributed by atoms with Crippen LogP contribution in [0.1, 0.15) is 35.9 Å². The molecule has 17 heavy (non-hydrogen) atoms. The summed E-state index contributed by atoms with van der Waals surface area (Å²) in [6.45, 7) is 1.93. The van der Waals surface area contributed by atoms with Gasteiger partial charge in [-0.05, 0) is 18.9 Å². The Labute approximate surface area is 99.0 Å². The van der Waals surface area contributed by atoms with Gasteiger partial charge in [0.05, 0.1) is 11.5 Å². The number of nitrogens with one attached hydrogen (secondary N) is 1. The van der Waals surface area contributed by atoms with Gasteiger partial charge < -0.3 is 5.11 Å². The molecular weight excluding hydrogens is 244 g/mol. The number of H-pyrrole nitrogens is 1. The summed E-state index contributed by atoms with van der Waals surface area (Å²) in [7, 11) is -2.92. The highest BCUT2D eigenvalue weighted by Gasteiger charge is 2.36. The quantitative estimate of drug-likeness (QED) is 0.808. The molecule has 2 heterocycles. The van der Waals surface area contributed by atoms with Gasteiger partial charge in [-0.1, -0.05) is 6.92 Å².